The molecule has 5 atom stereocenters. The van der Waals surface area contributed by atoms with E-state index in [1.807, 2.05) is 0 Å². The van der Waals surface area contributed by atoms with E-state index in [9.17, 15) is 20.4 Å². The van der Waals surface area contributed by atoms with Crippen molar-refractivity contribution in [1.82, 2.24) is 0 Å². The van der Waals surface area contributed by atoms with Gasteiger partial charge in [-0.05, 0) is 0 Å². The fourth-order valence-corrected chi connectivity index (χ4v) is 1.15. The first-order valence-corrected chi connectivity index (χ1v) is 4.73. The van der Waals surface area contributed by atoms with Gasteiger partial charge in [-0.25, -0.2) is 0 Å². The molecule has 0 radical (unpaired) electrons. The van der Waals surface area contributed by atoms with Crippen LogP contribution in [-0.2, 0) is 0 Å². The summed E-state index contributed by atoms with van der Waals surface area (Å²) in [7, 11) is 0. The summed E-state index contributed by atoms with van der Waals surface area (Å²) in [6.07, 6.45) is -7.89. The fourth-order valence-electron chi connectivity index (χ4n) is 1.15. The third-order valence-electron chi connectivity index (χ3n) is 2.28. The summed E-state index contributed by atoms with van der Waals surface area (Å²) in [6, 6.07) is 0. The molecule has 0 rings (SSSR count). The molecule has 0 aromatic heterocycles. The SMILES string of the molecule is NC(O)(CCO)[C@H](O)[C@@H](O)[C@H](O)[C@H](O)CO. The molecule has 0 heterocycles. The zero-order valence-corrected chi connectivity index (χ0v) is 8.64. The van der Waals surface area contributed by atoms with Crippen LogP contribution in [0, 0.1) is 0 Å². The van der Waals surface area contributed by atoms with E-state index >= 15 is 0 Å². The summed E-state index contributed by atoms with van der Waals surface area (Å²) in [5, 5.41) is 63.5. The van der Waals surface area contributed by atoms with Crippen LogP contribution in [0.2, 0.25) is 0 Å². The van der Waals surface area contributed by atoms with E-state index in [0.717, 1.165) is 0 Å². The topological polar surface area (TPSA) is 168 Å². The lowest BCUT2D eigenvalue weighted by Crippen LogP contribution is -2.60. The molecule has 9 N–H and O–H groups in total. The van der Waals surface area contributed by atoms with Crippen LogP contribution in [0.4, 0.5) is 0 Å². The Hall–Kier alpha value is -0.320. The van der Waals surface area contributed by atoms with Gasteiger partial charge in [-0.15, -0.1) is 0 Å². The van der Waals surface area contributed by atoms with Crippen molar-refractivity contribution in [2.45, 2.75) is 36.6 Å². The third-order valence-corrected chi connectivity index (χ3v) is 2.28. The predicted octanol–water partition coefficient (Wildman–Crippen LogP) is -4.55. The normalized spacial score (nSPS) is 23.2. The highest BCUT2D eigenvalue weighted by Crippen LogP contribution is 2.15. The summed E-state index contributed by atoms with van der Waals surface area (Å²) < 4.78 is 0. The minimum Gasteiger partial charge on any atom is -0.396 e. The van der Waals surface area contributed by atoms with Gasteiger partial charge in [0.25, 0.3) is 0 Å². The van der Waals surface area contributed by atoms with Crippen molar-refractivity contribution in [3.8, 4) is 0 Å². The van der Waals surface area contributed by atoms with Crippen LogP contribution in [0.3, 0.4) is 0 Å². The summed E-state index contributed by atoms with van der Waals surface area (Å²) >= 11 is 0. The van der Waals surface area contributed by atoms with Gasteiger partial charge in [0.15, 0.2) is 0 Å². The summed E-state index contributed by atoms with van der Waals surface area (Å²) in [5.41, 5.74) is 2.88. The first-order valence-electron chi connectivity index (χ1n) is 4.73. The number of aliphatic hydroxyl groups is 7. The first kappa shape index (κ1) is 15.7. The Kier molecular flexibility index (Phi) is 6.30. The smallest absolute Gasteiger partial charge is 0.144 e. The number of aliphatic hydroxyl groups excluding tert-OH is 6. The molecule has 8 heteroatoms. The van der Waals surface area contributed by atoms with Gasteiger partial charge in [-0.3, -0.25) is 0 Å². The highest BCUT2D eigenvalue weighted by Gasteiger charge is 2.40. The predicted molar refractivity (Wildman–Crippen MR) is 52.0 cm³/mol. The molecule has 8 nitrogen and oxygen atoms in total. The maximum absolute atomic E-state index is 9.41. The highest BCUT2D eigenvalue weighted by atomic mass is 16.4. The van der Waals surface area contributed by atoms with Crippen molar-refractivity contribution < 1.29 is 35.7 Å². The second kappa shape index (κ2) is 6.42. The van der Waals surface area contributed by atoms with Crippen LogP contribution in [0.25, 0.3) is 0 Å². The molecule has 16 heavy (non-hydrogen) atoms. The van der Waals surface area contributed by atoms with Crippen molar-refractivity contribution in [2.24, 2.45) is 5.73 Å². The van der Waals surface area contributed by atoms with Gasteiger partial charge >= 0.3 is 0 Å². The zero-order valence-electron chi connectivity index (χ0n) is 8.64. The Morgan fingerprint density at radius 1 is 1.00 bits per heavy atom. The van der Waals surface area contributed by atoms with Crippen LogP contribution in [0.1, 0.15) is 6.42 Å². The summed E-state index contributed by atoms with van der Waals surface area (Å²) in [4.78, 5) is 0. The molecule has 0 aliphatic heterocycles. The number of nitrogens with two attached hydrogens (primary N) is 1. The molecule has 98 valence electrons. The third kappa shape index (κ3) is 3.92. The van der Waals surface area contributed by atoms with Crippen LogP contribution < -0.4 is 5.73 Å². The van der Waals surface area contributed by atoms with Crippen molar-refractivity contribution in [1.29, 1.82) is 0 Å². The molecule has 1 unspecified atom stereocenters. The lowest BCUT2D eigenvalue weighted by atomic mass is 9.94. The molecular formula is C8H19NO7. The van der Waals surface area contributed by atoms with Gasteiger partial charge in [0.2, 0.25) is 0 Å². The lowest BCUT2D eigenvalue weighted by molar-refractivity contribution is -0.175. The van der Waals surface area contributed by atoms with Crippen LogP contribution in [-0.4, -0.2) is 79.1 Å². The molecule has 0 fully saturated rings. The Morgan fingerprint density at radius 2 is 1.50 bits per heavy atom. The van der Waals surface area contributed by atoms with Crippen LogP contribution in [0.15, 0.2) is 0 Å². The van der Waals surface area contributed by atoms with Crippen LogP contribution in [0.5, 0.6) is 0 Å². The van der Waals surface area contributed by atoms with E-state index in [-0.39, 0.29) is 0 Å². The molecule has 0 saturated carbocycles. The Balaban J connectivity index is 4.53. The Bertz CT molecular complexity index is 201. The average Bonchev–Trinajstić information content (AvgIpc) is 2.24. The summed E-state index contributed by atoms with van der Waals surface area (Å²) in [5.74, 6) is 0. The van der Waals surface area contributed by atoms with Crippen molar-refractivity contribution >= 4 is 0 Å². The van der Waals surface area contributed by atoms with Gasteiger partial charge in [0.05, 0.1) is 6.61 Å². The molecule has 0 spiro atoms. The molecule has 0 aromatic carbocycles. The number of rotatable bonds is 7. The van der Waals surface area contributed by atoms with Crippen LogP contribution >= 0.6 is 0 Å². The minimum atomic E-state index is -2.30. The average molecular weight is 241 g/mol. The number of hydrogen-bond acceptors (Lipinski definition) is 8. The monoisotopic (exact) mass is 241 g/mol. The zero-order chi connectivity index (χ0) is 12.9. The molecule has 0 amide bonds. The molecule has 0 aliphatic carbocycles. The maximum Gasteiger partial charge on any atom is 0.144 e. The lowest BCUT2D eigenvalue weighted by Gasteiger charge is -2.34. The van der Waals surface area contributed by atoms with E-state index in [2.05, 4.69) is 0 Å². The number of hydrogen-bond donors (Lipinski definition) is 8. The maximum atomic E-state index is 9.41. The van der Waals surface area contributed by atoms with Crippen molar-refractivity contribution in [3.63, 3.8) is 0 Å². The molecule has 0 aliphatic rings. The van der Waals surface area contributed by atoms with E-state index in [1.165, 1.54) is 0 Å². The molecule has 0 aromatic rings. The van der Waals surface area contributed by atoms with E-state index in [0.29, 0.717) is 0 Å². The van der Waals surface area contributed by atoms with E-state index < -0.39 is 49.8 Å². The second-order valence-electron chi connectivity index (χ2n) is 3.64. The molecule has 0 saturated heterocycles. The Labute approximate surface area is 92.2 Å². The van der Waals surface area contributed by atoms with Gasteiger partial charge < -0.3 is 41.5 Å². The largest absolute Gasteiger partial charge is 0.396 e. The quantitative estimate of drug-likeness (QED) is 0.206. The standard InChI is InChI=1S/C8H19NO7/c9-8(16,1-2-10)7(15)6(14)5(13)4(12)3-11/h4-7,10-16H,1-3,9H2/t4-,5-,6+,7-,8?/m1/s1. The summed E-state index contributed by atoms with van der Waals surface area (Å²) in [6.45, 7) is -1.36. The van der Waals surface area contributed by atoms with E-state index in [4.69, 9.17) is 21.1 Å². The van der Waals surface area contributed by atoms with Crippen molar-refractivity contribution in [2.75, 3.05) is 13.2 Å². The van der Waals surface area contributed by atoms with Gasteiger partial charge in [0, 0.05) is 13.0 Å². The Morgan fingerprint density at radius 3 is 1.88 bits per heavy atom. The second-order valence-corrected chi connectivity index (χ2v) is 3.64. The first-order chi connectivity index (χ1) is 7.27. The highest BCUT2D eigenvalue weighted by molar-refractivity contribution is 4.90. The van der Waals surface area contributed by atoms with Gasteiger partial charge in [0.1, 0.15) is 30.1 Å². The van der Waals surface area contributed by atoms with Gasteiger partial charge in [-0.2, -0.15) is 0 Å². The van der Waals surface area contributed by atoms with Crippen molar-refractivity contribution in [3.05, 3.63) is 0 Å². The molecular weight excluding hydrogens is 222 g/mol. The fraction of sp³-hybridized carbons (Fsp3) is 1.00. The van der Waals surface area contributed by atoms with Gasteiger partial charge in [-0.1, -0.05) is 0 Å². The van der Waals surface area contributed by atoms with E-state index in [1.54, 1.807) is 0 Å². The molecule has 0 bridgehead atoms. The minimum absolute atomic E-state index is 0.423.